The van der Waals surface area contributed by atoms with E-state index in [0.717, 1.165) is 18.4 Å². The summed E-state index contributed by atoms with van der Waals surface area (Å²) in [5, 5.41) is 2.60. The van der Waals surface area contributed by atoms with Crippen LogP contribution in [0, 0.1) is 0 Å². The van der Waals surface area contributed by atoms with E-state index in [9.17, 15) is 9.59 Å². The standard InChI is InChI=1S/C14H19NO3/c1-3-7-12(11-8-5-4-6-9-11)14(17)15-10-13(16)18-2/h4-6,8-9,12H,3,7,10H2,1-2H3,(H,15,17). The van der Waals surface area contributed by atoms with Crippen LogP contribution in [0.5, 0.6) is 0 Å². The van der Waals surface area contributed by atoms with Crippen LogP contribution in [0.3, 0.4) is 0 Å². The molecule has 0 fully saturated rings. The van der Waals surface area contributed by atoms with Crippen molar-refractivity contribution in [3.05, 3.63) is 35.9 Å². The lowest BCUT2D eigenvalue weighted by atomic mass is 9.94. The van der Waals surface area contributed by atoms with Crippen LogP contribution < -0.4 is 5.32 Å². The largest absolute Gasteiger partial charge is 0.468 e. The van der Waals surface area contributed by atoms with E-state index in [-0.39, 0.29) is 18.4 Å². The summed E-state index contributed by atoms with van der Waals surface area (Å²) in [6.45, 7) is 1.95. The van der Waals surface area contributed by atoms with Gasteiger partial charge in [0.15, 0.2) is 0 Å². The third-order valence-corrected chi connectivity index (χ3v) is 2.73. The number of methoxy groups -OCH3 is 1. The van der Waals surface area contributed by atoms with Crippen molar-refractivity contribution < 1.29 is 14.3 Å². The van der Waals surface area contributed by atoms with Gasteiger partial charge in [0.25, 0.3) is 0 Å². The van der Waals surface area contributed by atoms with Crippen molar-refractivity contribution in [1.82, 2.24) is 5.32 Å². The highest BCUT2D eigenvalue weighted by molar-refractivity contribution is 5.86. The van der Waals surface area contributed by atoms with Crippen LogP contribution >= 0.6 is 0 Å². The van der Waals surface area contributed by atoms with Gasteiger partial charge in [0.05, 0.1) is 13.0 Å². The second kappa shape index (κ2) is 7.48. The predicted octanol–water partition coefficient (Wildman–Crippen LogP) is 1.86. The summed E-state index contributed by atoms with van der Waals surface area (Å²) < 4.78 is 4.49. The van der Waals surface area contributed by atoms with E-state index in [0.29, 0.717) is 0 Å². The molecule has 0 heterocycles. The van der Waals surface area contributed by atoms with Crippen LogP contribution in [0.1, 0.15) is 31.2 Å². The lowest BCUT2D eigenvalue weighted by molar-refractivity contribution is -0.141. The highest BCUT2D eigenvalue weighted by Gasteiger charge is 2.19. The first-order valence-electron chi connectivity index (χ1n) is 6.08. The second-order valence-corrected chi connectivity index (χ2v) is 4.05. The zero-order valence-corrected chi connectivity index (χ0v) is 10.8. The molecule has 1 aromatic carbocycles. The third-order valence-electron chi connectivity index (χ3n) is 2.73. The quantitative estimate of drug-likeness (QED) is 0.783. The first-order chi connectivity index (χ1) is 8.69. The molecule has 0 aliphatic rings. The smallest absolute Gasteiger partial charge is 0.325 e. The zero-order chi connectivity index (χ0) is 13.4. The molecule has 1 rings (SSSR count). The van der Waals surface area contributed by atoms with Crippen LogP contribution in [0.2, 0.25) is 0 Å². The van der Waals surface area contributed by atoms with Crippen molar-refractivity contribution in [2.75, 3.05) is 13.7 Å². The molecule has 0 saturated carbocycles. The molecule has 0 spiro atoms. The van der Waals surface area contributed by atoms with E-state index >= 15 is 0 Å². The molecular formula is C14H19NO3. The van der Waals surface area contributed by atoms with Crippen molar-refractivity contribution in [3.8, 4) is 0 Å². The monoisotopic (exact) mass is 249 g/mol. The van der Waals surface area contributed by atoms with E-state index in [1.807, 2.05) is 37.3 Å². The Labute approximate surface area is 107 Å². The maximum atomic E-state index is 12.0. The van der Waals surface area contributed by atoms with E-state index in [1.54, 1.807) is 0 Å². The summed E-state index contributed by atoms with van der Waals surface area (Å²) in [7, 11) is 1.30. The summed E-state index contributed by atoms with van der Waals surface area (Å²) in [6, 6.07) is 9.59. The number of hydrogen-bond acceptors (Lipinski definition) is 3. The number of nitrogens with one attached hydrogen (secondary N) is 1. The van der Waals surface area contributed by atoms with Gasteiger partial charge >= 0.3 is 5.97 Å². The van der Waals surface area contributed by atoms with Gasteiger partial charge in [0.1, 0.15) is 6.54 Å². The van der Waals surface area contributed by atoms with E-state index in [4.69, 9.17) is 0 Å². The second-order valence-electron chi connectivity index (χ2n) is 4.05. The minimum absolute atomic E-state index is 0.0810. The number of esters is 1. The van der Waals surface area contributed by atoms with Crippen LogP contribution in [-0.2, 0) is 14.3 Å². The Hall–Kier alpha value is -1.84. The number of amides is 1. The Bertz CT molecular complexity index is 389. The van der Waals surface area contributed by atoms with E-state index < -0.39 is 5.97 Å². The number of hydrogen-bond donors (Lipinski definition) is 1. The first kappa shape index (κ1) is 14.2. The van der Waals surface area contributed by atoms with Crippen molar-refractivity contribution in [2.45, 2.75) is 25.7 Å². The molecule has 98 valence electrons. The molecule has 0 aliphatic heterocycles. The fourth-order valence-electron chi connectivity index (χ4n) is 1.78. The van der Waals surface area contributed by atoms with Gasteiger partial charge in [-0.05, 0) is 12.0 Å². The van der Waals surface area contributed by atoms with Gasteiger partial charge < -0.3 is 10.1 Å². The minimum atomic E-state index is -0.438. The fourth-order valence-corrected chi connectivity index (χ4v) is 1.78. The van der Waals surface area contributed by atoms with Crippen LogP contribution in [0.15, 0.2) is 30.3 Å². The Morgan fingerprint density at radius 3 is 2.50 bits per heavy atom. The molecule has 0 saturated heterocycles. The summed E-state index contributed by atoms with van der Waals surface area (Å²) in [5.41, 5.74) is 0.974. The maximum absolute atomic E-state index is 12.0. The molecule has 1 aromatic rings. The summed E-state index contributed by atoms with van der Waals surface area (Å²) in [5.74, 6) is -0.777. The molecule has 0 bridgehead atoms. The summed E-state index contributed by atoms with van der Waals surface area (Å²) >= 11 is 0. The Morgan fingerprint density at radius 2 is 1.94 bits per heavy atom. The Balaban J connectivity index is 2.67. The molecule has 0 aromatic heterocycles. The van der Waals surface area contributed by atoms with E-state index in [2.05, 4.69) is 10.1 Å². The molecule has 0 radical (unpaired) electrons. The number of benzene rings is 1. The predicted molar refractivity (Wildman–Crippen MR) is 69.1 cm³/mol. The lowest BCUT2D eigenvalue weighted by Crippen LogP contribution is -2.34. The molecule has 1 atom stereocenters. The Morgan fingerprint density at radius 1 is 1.28 bits per heavy atom. The van der Waals surface area contributed by atoms with Crippen LogP contribution in [-0.4, -0.2) is 25.5 Å². The van der Waals surface area contributed by atoms with Gasteiger partial charge in [-0.1, -0.05) is 43.7 Å². The molecule has 0 aliphatic carbocycles. The molecule has 1 amide bonds. The highest BCUT2D eigenvalue weighted by Crippen LogP contribution is 2.21. The first-order valence-corrected chi connectivity index (χ1v) is 6.08. The van der Waals surface area contributed by atoms with E-state index in [1.165, 1.54) is 7.11 Å². The molecule has 1 N–H and O–H groups in total. The fraction of sp³-hybridized carbons (Fsp3) is 0.429. The van der Waals surface area contributed by atoms with Gasteiger partial charge in [-0.2, -0.15) is 0 Å². The minimum Gasteiger partial charge on any atom is -0.468 e. The maximum Gasteiger partial charge on any atom is 0.325 e. The van der Waals surface area contributed by atoms with Crippen LogP contribution in [0.4, 0.5) is 0 Å². The van der Waals surface area contributed by atoms with Crippen molar-refractivity contribution in [1.29, 1.82) is 0 Å². The van der Waals surface area contributed by atoms with Crippen molar-refractivity contribution in [2.24, 2.45) is 0 Å². The summed E-state index contributed by atoms with van der Waals surface area (Å²) in [6.07, 6.45) is 1.67. The van der Waals surface area contributed by atoms with Gasteiger partial charge in [-0.25, -0.2) is 0 Å². The average molecular weight is 249 g/mol. The van der Waals surface area contributed by atoms with Crippen molar-refractivity contribution in [3.63, 3.8) is 0 Å². The van der Waals surface area contributed by atoms with Crippen molar-refractivity contribution >= 4 is 11.9 Å². The van der Waals surface area contributed by atoms with Gasteiger partial charge in [0, 0.05) is 0 Å². The normalized spacial score (nSPS) is 11.7. The number of rotatable bonds is 6. The zero-order valence-electron chi connectivity index (χ0n) is 10.8. The Kier molecular flexibility index (Phi) is 5.91. The SMILES string of the molecule is CCCC(C(=O)NCC(=O)OC)c1ccccc1. The number of carbonyl (C=O) groups is 2. The number of carbonyl (C=O) groups excluding carboxylic acids is 2. The molecular weight excluding hydrogens is 230 g/mol. The molecule has 4 nitrogen and oxygen atoms in total. The van der Waals surface area contributed by atoms with Crippen LogP contribution in [0.25, 0.3) is 0 Å². The molecule has 4 heteroatoms. The average Bonchev–Trinajstić information content (AvgIpc) is 2.42. The van der Waals surface area contributed by atoms with Gasteiger partial charge in [-0.3, -0.25) is 9.59 Å². The molecule has 1 unspecified atom stereocenters. The lowest BCUT2D eigenvalue weighted by Gasteiger charge is -2.16. The highest BCUT2D eigenvalue weighted by atomic mass is 16.5. The molecule has 18 heavy (non-hydrogen) atoms. The van der Waals surface area contributed by atoms with Gasteiger partial charge in [-0.15, -0.1) is 0 Å². The summed E-state index contributed by atoms with van der Waals surface area (Å²) in [4.78, 5) is 23.0. The van der Waals surface area contributed by atoms with Gasteiger partial charge in [0.2, 0.25) is 5.91 Å². The number of ether oxygens (including phenoxy) is 1. The topological polar surface area (TPSA) is 55.4 Å². The third kappa shape index (κ3) is 4.20.